The number of hydrogen-bond donors (Lipinski definition) is 1. The quantitative estimate of drug-likeness (QED) is 0.281. The molecule has 34 heavy (non-hydrogen) atoms. The second kappa shape index (κ2) is 10.6. The summed E-state index contributed by atoms with van der Waals surface area (Å²) in [4.78, 5) is 28.9. The molecule has 9 heteroatoms. The van der Waals surface area contributed by atoms with Gasteiger partial charge < -0.3 is 9.15 Å². The molecule has 8 nitrogen and oxygen atoms in total. The fourth-order valence-corrected chi connectivity index (χ4v) is 4.64. The third-order valence-electron chi connectivity index (χ3n) is 5.50. The van der Waals surface area contributed by atoms with E-state index in [9.17, 15) is 9.59 Å². The minimum absolute atomic E-state index is 0.0311. The standard InChI is InChI=1S/C25H26N4O4S/c1-3-4-5-6-7-12-21-28-29-22(26)19(23(30)27-25(29)34-21)15-16-13-14-20(33-16)17-10-8-9-11-18(17)24(31)32-2/h8-11,13-15,26H,3-7,12H2,1-2H3/b19-15-,26-22?. The number of hydrazone groups is 1. The van der Waals surface area contributed by atoms with Crippen LogP contribution in [0.4, 0.5) is 0 Å². The highest BCUT2D eigenvalue weighted by Gasteiger charge is 2.35. The summed E-state index contributed by atoms with van der Waals surface area (Å²) >= 11 is 1.35. The van der Waals surface area contributed by atoms with Crippen molar-refractivity contribution in [3.63, 3.8) is 0 Å². The summed E-state index contributed by atoms with van der Waals surface area (Å²) < 4.78 is 10.7. The molecule has 0 saturated carbocycles. The van der Waals surface area contributed by atoms with Crippen molar-refractivity contribution in [2.45, 2.75) is 45.4 Å². The first-order chi connectivity index (χ1) is 16.5. The average Bonchev–Trinajstić information content (AvgIpc) is 3.48. The number of amides is 1. The lowest BCUT2D eigenvalue weighted by atomic mass is 10.1. The molecule has 3 heterocycles. The first-order valence-electron chi connectivity index (χ1n) is 11.3. The molecule has 0 radical (unpaired) electrons. The van der Waals surface area contributed by atoms with Crippen molar-refractivity contribution in [3.05, 3.63) is 53.3 Å². The van der Waals surface area contributed by atoms with Crippen LogP contribution in [0.15, 0.2) is 56.5 Å². The zero-order chi connectivity index (χ0) is 24.1. The summed E-state index contributed by atoms with van der Waals surface area (Å²) in [5.74, 6) is -0.184. The van der Waals surface area contributed by atoms with E-state index in [1.54, 1.807) is 36.4 Å². The van der Waals surface area contributed by atoms with E-state index in [2.05, 4.69) is 17.0 Å². The number of hydrogen-bond acceptors (Lipinski definition) is 7. The molecule has 0 bridgehead atoms. The number of amidine groups is 2. The Morgan fingerprint density at radius 1 is 1.18 bits per heavy atom. The van der Waals surface area contributed by atoms with E-state index in [4.69, 9.17) is 14.6 Å². The number of furan rings is 1. The molecule has 2 aromatic rings. The molecule has 0 unspecified atom stereocenters. The lowest BCUT2D eigenvalue weighted by molar-refractivity contribution is -0.114. The number of methoxy groups -OCH3 is 1. The molecule has 0 aliphatic carbocycles. The van der Waals surface area contributed by atoms with Crippen LogP contribution in [0, 0.1) is 5.41 Å². The van der Waals surface area contributed by atoms with Gasteiger partial charge in [-0.2, -0.15) is 15.1 Å². The Morgan fingerprint density at radius 2 is 1.97 bits per heavy atom. The van der Waals surface area contributed by atoms with Crippen LogP contribution in [-0.2, 0) is 9.53 Å². The monoisotopic (exact) mass is 478 g/mol. The molecule has 1 amide bonds. The van der Waals surface area contributed by atoms with Gasteiger partial charge in [-0.15, -0.1) is 0 Å². The molecule has 0 fully saturated rings. The van der Waals surface area contributed by atoms with Crippen molar-refractivity contribution in [3.8, 4) is 11.3 Å². The first kappa shape index (κ1) is 23.7. The van der Waals surface area contributed by atoms with Crippen molar-refractivity contribution >= 4 is 45.8 Å². The number of carbonyl (C=O) groups excluding carboxylic acids is 2. The number of unbranched alkanes of at least 4 members (excludes halogenated alkanes) is 4. The molecule has 1 aromatic carbocycles. The summed E-state index contributed by atoms with van der Waals surface area (Å²) in [6.45, 7) is 2.19. The van der Waals surface area contributed by atoms with E-state index in [0.29, 0.717) is 27.8 Å². The van der Waals surface area contributed by atoms with Gasteiger partial charge in [-0.05, 0) is 48.9 Å². The van der Waals surface area contributed by atoms with Crippen LogP contribution in [0.1, 0.15) is 61.6 Å². The number of fused-ring (bicyclic) bond motifs is 1. The van der Waals surface area contributed by atoms with Gasteiger partial charge in [0, 0.05) is 5.56 Å². The molecule has 1 aromatic heterocycles. The van der Waals surface area contributed by atoms with E-state index in [1.807, 2.05) is 0 Å². The second-order valence-electron chi connectivity index (χ2n) is 7.92. The summed E-state index contributed by atoms with van der Waals surface area (Å²) in [6.07, 6.45) is 8.10. The maximum atomic E-state index is 12.7. The van der Waals surface area contributed by atoms with Gasteiger partial charge in [-0.1, -0.05) is 50.8 Å². The van der Waals surface area contributed by atoms with Crippen LogP contribution in [0.2, 0.25) is 0 Å². The van der Waals surface area contributed by atoms with E-state index < -0.39 is 11.9 Å². The summed E-state index contributed by atoms with van der Waals surface area (Å²) in [7, 11) is 1.32. The Labute approximate surface area is 202 Å². The van der Waals surface area contributed by atoms with Gasteiger partial charge in [0.05, 0.1) is 18.2 Å². The molecule has 2 aliphatic rings. The van der Waals surface area contributed by atoms with Crippen molar-refractivity contribution in [1.82, 2.24) is 5.01 Å². The third kappa shape index (κ3) is 5.04. The largest absolute Gasteiger partial charge is 0.465 e. The van der Waals surface area contributed by atoms with Crippen LogP contribution in [0.5, 0.6) is 0 Å². The molecular formula is C25H26N4O4S. The number of ether oxygens (including phenoxy) is 1. The van der Waals surface area contributed by atoms with Crippen LogP contribution >= 0.6 is 11.8 Å². The zero-order valence-corrected chi connectivity index (χ0v) is 20.0. The minimum atomic E-state index is -0.504. The fraction of sp³-hybridized carbons (Fsp3) is 0.320. The molecule has 0 saturated heterocycles. The topological polar surface area (TPSA) is 108 Å². The molecule has 176 valence electrons. The van der Waals surface area contributed by atoms with E-state index >= 15 is 0 Å². The summed E-state index contributed by atoms with van der Waals surface area (Å²) in [5.41, 5.74) is 1.05. The predicted octanol–water partition coefficient (Wildman–Crippen LogP) is 5.71. The van der Waals surface area contributed by atoms with Gasteiger partial charge in [0.25, 0.3) is 5.91 Å². The highest BCUT2D eigenvalue weighted by Crippen LogP contribution is 2.31. The second-order valence-corrected chi connectivity index (χ2v) is 8.96. The fourth-order valence-electron chi connectivity index (χ4n) is 3.72. The molecule has 2 aliphatic heterocycles. The molecule has 4 rings (SSSR count). The Morgan fingerprint density at radius 3 is 2.76 bits per heavy atom. The van der Waals surface area contributed by atoms with Crippen molar-refractivity contribution in [1.29, 1.82) is 5.41 Å². The van der Waals surface area contributed by atoms with Crippen LogP contribution in [0.25, 0.3) is 17.4 Å². The third-order valence-corrected chi connectivity index (χ3v) is 6.47. The molecule has 0 spiro atoms. The summed E-state index contributed by atoms with van der Waals surface area (Å²) in [5, 5.41) is 15.7. The summed E-state index contributed by atoms with van der Waals surface area (Å²) in [6, 6.07) is 10.3. The molecular weight excluding hydrogens is 452 g/mol. The van der Waals surface area contributed by atoms with Gasteiger partial charge in [-0.3, -0.25) is 10.2 Å². The van der Waals surface area contributed by atoms with E-state index in [0.717, 1.165) is 24.3 Å². The lowest BCUT2D eigenvalue weighted by Gasteiger charge is -2.19. The zero-order valence-electron chi connectivity index (χ0n) is 19.2. The SMILES string of the molecule is CCCCCCCC1=NN2C(=N)/C(=C/c3ccc(-c4ccccc4C(=O)OC)o3)C(=O)N=C2S1. The van der Waals surface area contributed by atoms with Crippen molar-refractivity contribution in [2.75, 3.05) is 7.11 Å². The Hall–Kier alpha value is -3.46. The van der Waals surface area contributed by atoms with Crippen molar-refractivity contribution in [2.24, 2.45) is 10.1 Å². The molecule has 1 N–H and O–H groups in total. The maximum Gasteiger partial charge on any atom is 0.338 e. The van der Waals surface area contributed by atoms with Gasteiger partial charge >= 0.3 is 5.97 Å². The normalized spacial score (nSPS) is 16.5. The van der Waals surface area contributed by atoms with E-state index in [-0.39, 0.29) is 11.4 Å². The lowest BCUT2D eigenvalue weighted by Crippen LogP contribution is -2.35. The van der Waals surface area contributed by atoms with Gasteiger partial charge in [-0.25, -0.2) is 4.79 Å². The Bertz CT molecular complexity index is 1210. The Balaban J connectivity index is 1.51. The highest BCUT2D eigenvalue weighted by atomic mass is 32.2. The van der Waals surface area contributed by atoms with Crippen molar-refractivity contribution < 1.29 is 18.7 Å². The van der Waals surface area contributed by atoms with Crippen LogP contribution in [-0.4, -0.2) is 40.0 Å². The van der Waals surface area contributed by atoms with Crippen LogP contribution < -0.4 is 0 Å². The number of benzene rings is 1. The van der Waals surface area contributed by atoms with Crippen LogP contribution in [0.3, 0.4) is 0 Å². The average molecular weight is 479 g/mol. The number of esters is 1. The van der Waals surface area contributed by atoms with Gasteiger partial charge in [0.15, 0.2) is 5.84 Å². The number of nitrogens with zero attached hydrogens (tertiary/aromatic N) is 3. The number of carbonyl (C=O) groups is 2. The van der Waals surface area contributed by atoms with Gasteiger partial charge in [0.2, 0.25) is 5.17 Å². The smallest absolute Gasteiger partial charge is 0.338 e. The van der Waals surface area contributed by atoms with Gasteiger partial charge in [0.1, 0.15) is 16.6 Å². The molecule has 0 atom stereocenters. The number of thioether (sulfide) groups is 1. The minimum Gasteiger partial charge on any atom is -0.465 e. The number of aliphatic imine (C=N–C) groups is 1. The maximum absolute atomic E-state index is 12.7. The Kier molecular flexibility index (Phi) is 7.42. The first-order valence-corrected chi connectivity index (χ1v) is 12.1. The van der Waals surface area contributed by atoms with E-state index in [1.165, 1.54) is 49.2 Å². The highest BCUT2D eigenvalue weighted by molar-refractivity contribution is 8.26. The predicted molar refractivity (Wildman–Crippen MR) is 134 cm³/mol. The number of rotatable bonds is 9. The number of nitrogens with one attached hydrogen (secondary N) is 1.